The molecule has 0 amide bonds. The summed E-state index contributed by atoms with van der Waals surface area (Å²) in [5.41, 5.74) is -2.40. The number of hydrogen-bond donors (Lipinski definition) is 4. The highest BCUT2D eigenvalue weighted by Gasteiger charge is 2.59. The fraction of sp³-hybridized carbons (Fsp3) is 0.600. The van der Waals surface area contributed by atoms with Gasteiger partial charge in [-0.15, -0.1) is 0 Å². The van der Waals surface area contributed by atoms with Gasteiger partial charge in [0.1, 0.15) is 6.10 Å². The predicted molar refractivity (Wildman–Crippen MR) is 59.2 cm³/mol. The van der Waals surface area contributed by atoms with Gasteiger partial charge >= 0.3 is 11.6 Å². The van der Waals surface area contributed by atoms with E-state index in [2.05, 4.69) is 0 Å². The maximum atomic E-state index is 13.8. The molecule has 2 rings (SSSR count). The summed E-state index contributed by atoms with van der Waals surface area (Å²) in [5, 5.41) is 27.1. The molecule has 112 valence electrons. The van der Waals surface area contributed by atoms with E-state index in [1.54, 1.807) is 4.98 Å². The van der Waals surface area contributed by atoms with Gasteiger partial charge in [-0.1, -0.05) is 0 Å². The van der Waals surface area contributed by atoms with E-state index in [0.29, 0.717) is 4.57 Å². The Morgan fingerprint density at radius 2 is 2.05 bits per heavy atom. The van der Waals surface area contributed by atoms with Crippen LogP contribution < -0.4 is 11.2 Å². The van der Waals surface area contributed by atoms with E-state index in [1.165, 1.54) is 0 Å². The molecule has 0 spiro atoms. The summed E-state index contributed by atoms with van der Waals surface area (Å²) < 4.78 is 32.8. The Labute approximate surface area is 109 Å². The van der Waals surface area contributed by atoms with Crippen molar-refractivity contribution < 1.29 is 28.8 Å². The van der Waals surface area contributed by atoms with Crippen LogP contribution in [-0.2, 0) is 11.3 Å². The lowest BCUT2D eigenvalue weighted by molar-refractivity contribution is -0.141. The van der Waals surface area contributed by atoms with E-state index in [-0.39, 0.29) is 5.56 Å². The number of halogens is 2. The van der Waals surface area contributed by atoms with Crippen molar-refractivity contribution >= 4 is 0 Å². The quantitative estimate of drug-likeness (QED) is 0.507. The number of ether oxygens (including phenoxy) is 1. The van der Waals surface area contributed by atoms with Crippen LogP contribution >= 0.6 is 0 Å². The number of rotatable bonds is 3. The Morgan fingerprint density at radius 3 is 2.55 bits per heavy atom. The molecule has 0 radical (unpaired) electrons. The van der Waals surface area contributed by atoms with E-state index < -0.39 is 48.8 Å². The number of aromatic nitrogens is 2. The topological polar surface area (TPSA) is 125 Å². The molecule has 1 saturated heterocycles. The molecule has 3 atom stereocenters. The van der Waals surface area contributed by atoms with Gasteiger partial charge in [-0.2, -0.15) is 8.78 Å². The summed E-state index contributed by atoms with van der Waals surface area (Å²) in [5.74, 6) is -3.85. The second-order valence-electron chi connectivity index (χ2n) is 4.31. The molecular formula is C10H12F2N2O6. The molecule has 0 aromatic carbocycles. The summed E-state index contributed by atoms with van der Waals surface area (Å²) in [6, 6.07) is 0. The highest BCUT2D eigenvalue weighted by atomic mass is 19.3. The smallest absolute Gasteiger partial charge is 0.330 e. The first-order valence-corrected chi connectivity index (χ1v) is 5.60. The largest absolute Gasteiger partial charge is 0.394 e. The van der Waals surface area contributed by atoms with Gasteiger partial charge < -0.3 is 20.1 Å². The van der Waals surface area contributed by atoms with Crippen molar-refractivity contribution in [2.45, 2.75) is 31.0 Å². The predicted octanol–water partition coefficient (Wildman–Crippen LogP) is -2.09. The van der Waals surface area contributed by atoms with Gasteiger partial charge in [0.2, 0.25) is 6.23 Å². The molecule has 1 aliphatic rings. The van der Waals surface area contributed by atoms with Crippen LogP contribution in [-0.4, -0.2) is 49.6 Å². The molecule has 10 heteroatoms. The van der Waals surface area contributed by atoms with E-state index in [4.69, 9.17) is 14.9 Å². The van der Waals surface area contributed by atoms with Crippen molar-refractivity contribution in [2.75, 3.05) is 6.61 Å². The molecule has 1 aromatic rings. The molecule has 1 fully saturated rings. The third-order valence-corrected chi connectivity index (χ3v) is 3.02. The molecule has 0 aliphatic carbocycles. The summed E-state index contributed by atoms with van der Waals surface area (Å²) in [6.07, 6.45) is -5.32. The Hall–Kier alpha value is -1.62. The number of aromatic amines is 1. The Bertz CT molecular complexity index is 613. The highest BCUT2D eigenvalue weighted by molar-refractivity contribution is 5.05. The van der Waals surface area contributed by atoms with E-state index in [1.807, 2.05) is 0 Å². The summed E-state index contributed by atoms with van der Waals surface area (Å²) in [6.45, 7) is -1.63. The maximum Gasteiger partial charge on any atom is 0.330 e. The summed E-state index contributed by atoms with van der Waals surface area (Å²) in [4.78, 5) is 24.5. The minimum absolute atomic E-state index is 0.314. The molecule has 0 saturated carbocycles. The Kier molecular flexibility index (Phi) is 3.73. The van der Waals surface area contributed by atoms with Crippen LogP contribution in [0.25, 0.3) is 0 Å². The standard InChI is InChI=1S/C10H12F2N2O6/c11-10(12)6(17)5(3-16)20-8(10)14-1-4(2-15)7(18)13-9(14)19/h1,5-6,8,15-17H,2-3H2,(H,13,18,19)/t5-,6-,8-/m1/s1. The third-order valence-electron chi connectivity index (χ3n) is 3.02. The van der Waals surface area contributed by atoms with Gasteiger partial charge in [0, 0.05) is 6.20 Å². The average molecular weight is 294 g/mol. The van der Waals surface area contributed by atoms with Crippen LogP contribution in [0.15, 0.2) is 15.8 Å². The van der Waals surface area contributed by atoms with Crippen LogP contribution in [0.1, 0.15) is 11.8 Å². The number of H-pyrrole nitrogens is 1. The van der Waals surface area contributed by atoms with Crippen molar-refractivity contribution in [3.05, 3.63) is 32.6 Å². The number of nitrogens with one attached hydrogen (secondary N) is 1. The number of aliphatic hydroxyl groups excluding tert-OH is 3. The van der Waals surface area contributed by atoms with Crippen LogP contribution in [0, 0.1) is 0 Å². The third kappa shape index (κ3) is 2.16. The zero-order valence-corrected chi connectivity index (χ0v) is 9.99. The number of hydrogen-bond acceptors (Lipinski definition) is 6. The van der Waals surface area contributed by atoms with Crippen LogP contribution in [0.3, 0.4) is 0 Å². The van der Waals surface area contributed by atoms with Gasteiger partial charge in [-0.05, 0) is 0 Å². The first kappa shape index (κ1) is 14.8. The van der Waals surface area contributed by atoms with Crippen LogP contribution in [0.2, 0.25) is 0 Å². The minimum Gasteiger partial charge on any atom is -0.394 e. The van der Waals surface area contributed by atoms with Crippen molar-refractivity contribution in [1.29, 1.82) is 0 Å². The minimum atomic E-state index is -3.85. The fourth-order valence-corrected chi connectivity index (χ4v) is 1.93. The van der Waals surface area contributed by atoms with Crippen molar-refractivity contribution in [3.63, 3.8) is 0 Å². The molecule has 1 aromatic heterocycles. The van der Waals surface area contributed by atoms with E-state index >= 15 is 0 Å². The zero-order valence-electron chi connectivity index (χ0n) is 9.99. The summed E-state index contributed by atoms with van der Waals surface area (Å²) in [7, 11) is 0. The van der Waals surface area contributed by atoms with E-state index in [0.717, 1.165) is 6.20 Å². The molecule has 0 bridgehead atoms. The molecule has 20 heavy (non-hydrogen) atoms. The van der Waals surface area contributed by atoms with E-state index in [9.17, 15) is 23.5 Å². The molecule has 4 N–H and O–H groups in total. The lowest BCUT2D eigenvalue weighted by Gasteiger charge is -2.21. The SMILES string of the molecule is O=c1[nH]c(=O)n([C@@H]2O[C@H](CO)[C@@H](O)C2(F)F)cc1CO. The Balaban J connectivity index is 2.52. The Morgan fingerprint density at radius 1 is 1.40 bits per heavy atom. The van der Waals surface area contributed by atoms with Crippen LogP contribution in [0.4, 0.5) is 8.78 Å². The molecular weight excluding hydrogens is 282 g/mol. The first-order valence-electron chi connectivity index (χ1n) is 5.60. The van der Waals surface area contributed by atoms with Gasteiger partial charge in [-0.3, -0.25) is 14.3 Å². The van der Waals surface area contributed by atoms with Crippen molar-refractivity contribution in [2.24, 2.45) is 0 Å². The van der Waals surface area contributed by atoms with Crippen molar-refractivity contribution in [1.82, 2.24) is 9.55 Å². The zero-order chi connectivity index (χ0) is 15.1. The van der Waals surface area contributed by atoms with Gasteiger partial charge in [-0.25, -0.2) is 4.79 Å². The fourth-order valence-electron chi connectivity index (χ4n) is 1.93. The van der Waals surface area contributed by atoms with Gasteiger partial charge in [0.15, 0.2) is 6.10 Å². The lowest BCUT2D eigenvalue weighted by atomic mass is 10.1. The van der Waals surface area contributed by atoms with Crippen molar-refractivity contribution in [3.8, 4) is 0 Å². The monoisotopic (exact) mass is 294 g/mol. The van der Waals surface area contributed by atoms with Gasteiger partial charge in [0.05, 0.1) is 18.8 Å². The molecule has 8 nitrogen and oxygen atoms in total. The number of alkyl halides is 2. The molecule has 0 unspecified atom stereocenters. The highest BCUT2D eigenvalue weighted by Crippen LogP contribution is 2.41. The molecule has 2 heterocycles. The average Bonchev–Trinajstić information content (AvgIpc) is 2.62. The normalized spacial score (nSPS) is 28.8. The number of aliphatic hydroxyl groups is 3. The number of nitrogens with zero attached hydrogens (tertiary/aromatic N) is 1. The second kappa shape index (κ2) is 5.05. The maximum absolute atomic E-state index is 13.8. The van der Waals surface area contributed by atoms with Crippen LogP contribution in [0.5, 0.6) is 0 Å². The lowest BCUT2D eigenvalue weighted by Crippen LogP contribution is -2.43. The first-order chi connectivity index (χ1) is 9.32. The summed E-state index contributed by atoms with van der Waals surface area (Å²) >= 11 is 0. The van der Waals surface area contributed by atoms with Gasteiger partial charge in [0.25, 0.3) is 5.56 Å². The molecule has 1 aliphatic heterocycles. The second-order valence-corrected chi connectivity index (χ2v) is 4.31.